The number of anilines is 2. The normalized spacial score (nSPS) is 14.0. The van der Waals surface area contributed by atoms with E-state index < -0.39 is 0 Å². The van der Waals surface area contributed by atoms with Crippen LogP contribution in [0.1, 0.15) is 0 Å². The second-order valence-electron chi connectivity index (χ2n) is 7.03. The van der Waals surface area contributed by atoms with Crippen molar-refractivity contribution in [2.75, 3.05) is 4.81 Å². The molecule has 0 aliphatic carbocycles. The lowest BCUT2D eigenvalue weighted by Crippen LogP contribution is -2.51. The van der Waals surface area contributed by atoms with Crippen molar-refractivity contribution in [1.29, 1.82) is 0 Å². The van der Waals surface area contributed by atoms with Gasteiger partial charge in [0.15, 0.2) is 5.76 Å². The van der Waals surface area contributed by atoms with Gasteiger partial charge in [0.05, 0.1) is 23.2 Å². The highest BCUT2D eigenvalue weighted by molar-refractivity contribution is 6.82. The molecule has 120 valence electrons. The molecule has 0 unspecified atom stereocenters. The number of aromatic nitrogens is 1. The second kappa shape index (κ2) is 4.22. The molecule has 0 saturated carbocycles. The van der Waals surface area contributed by atoms with E-state index in [0.29, 0.717) is 0 Å². The number of benzene rings is 3. The van der Waals surface area contributed by atoms with Crippen molar-refractivity contribution in [3.63, 3.8) is 0 Å². The van der Waals surface area contributed by atoms with E-state index in [9.17, 15) is 0 Å². The number of hydrogen-bond acceptors (Lipinski definition) is 2. The maximum absolute atomic E-state index is 5.90. The average Bonchev–Trinajstić information content (AvgIpc) is 3.38. The molecular formula is C22H13BN2O. The van der Waals surface area contributed by atoms with E-state index in [4.69, 9.17) is 4.42 Å². The molecule has 0 radical (unpaired) electrons. The van der Waals surface area contributed by atoms with Gasteiger partial charge in [-0.2, -0.15) is 0 Å². The fourth-order valence-corrected chi connectivity index (χ4v) is 4.89. The van der Waals surface area contributed by atoms with Gasteiger partial charge < -0.3 is 13.7 Å². The van der Waals surface area contributed by atoms with Gasteiger partial charge in [-0.1, -0.05) is 54.6 Å². The van der Waals surface area contributed by atoms with Crippen molar-refractivity contribution >= 4 is 45.6 Å². The Hall–Kier alpha value is -3.40. The Balaban J connectivity index is 1.72. The maximum Gasteiger partial charge on any atom is 0.421 e. The number of nitrogens with zero attached hydrogens (tertiary/aromatic N) is 2. The molecule has 0 fully saturated rings. The largest absolute Gasteiger partial charge is 0.462 e. The molecular weight excluding hydrogens is 319 g/mol. The molecule has 0 amide bonds. The van der Waals surface area contributed by atoms with Crippen LogP contribution in [0.4, 0.5) is 11.4 Å². The molecule has 2 aliphatic heterocycles. The summed E-state index contributed by atoms with van der Waals surface area (Å²) in [5.41, 5.74) is 7.46. The van der Waals surface area contributed by atoms with Crippen molar-refractivity contribution in [3.05, 3.63) is 79.1 Å². The van der Waals surface area contributed by atoms with Crippen LogP contribution in [0, 0.1) is 0 Å². The van der Waals surface area contributed by atoms with E-state index >= 15 is 0 Å². The average molecular weight is 332 g/mol. The van der Waals surface area contributed by atoms with E-state index in [1.54, 1.807) is 6.26 Å². The van der Waals surface area contributed by atoms with Crippen molar-refractivity contribution in [3.8, 4) is 11.3 Å². The van der Waals surface area contributed by atoms with Crippen LogP contribution in [0.3, 0.4) is 0 Å². The van der Waals surface area contributed by atoms with E-state index in [0.717, 1.165) is 11.4 Å². The third-order valence-electron chi connectivity index (χ3n) is 5.85. The minimum absolute atomic E-state index is 0.121. The molecule has 4 heterocycles. The number of para-hydroxylation sites is 2. The molecule has 2 aromatic heterocycles. The standard InChI is InChI=1S/C22H13BN2O/c1-3-9-17-16(7-1)22-20(12-13-26-22)24-19-11-5-8-15-14-6-2-4-10-18(14)25(21(15)19)23(17)24/h1-13H. The first kappa shape index (κ1) is 12.9. The Labute approximate surface area is 150 Å². The summed E-state index contributed by atoms with van der Waals surface area (Å²) in [6.45, 7) is 0.121. The lowest BCUT2D eigenvalue weighted by atomic mass is 9.61. The zero-order valence-corrected chi connectivity index (χ0v) is 13.9. The Kier molecular flexibility index (Phi) is 2.09. The first-order valence-corrected chi connectivity index (χ1v) is 8.91. The molecule has 3 nitrogen and oxygen atoms in total. The highest BCUT2D eigenvalue weighted by Crippen LogP contribution is 2.48. The predicted molar refractivity (Wildman–Crippen MR) is 107 cm³/mol. The van der Waals surface area contributed by atoms with Crippen LogP contribution in [0.25, 0.3) is 33.1 Å². The minimum Gasteiger partial charge on any atom is -0.462 e. The van der Waals surface area contributed by atoms with Crippen molar-refractivity contribution in [1.82, 2.24) is 4.48 Å². The molecule has 0 spiro atoms. The van der Waals surface area contributed by atoms with E-state index in [1.165, 1.54) is 38.5 Å². The summed E-state index contributed by atoms with van der Waals surface area (Å²) in [7, 11) is 0. The lowest BCUT2D eigenvalue weighted by molar-refractivity contribution is 0.583. The number of hydrogen-bond donors (Lipinski definition) is 0. The van der Waals surface area contributed by atoms with Gasteiger partial charge in [-0.05, 0) is 23.7 Å². The zero-order chi connectivity index (χ0) is 16.8. The van der Waals surface area contributed by atoms with Crippen LogP contribution in [0.5, 0.6) is 0 Å². The number of furan rings is 1. The molecule has 26 heavy (non-hydrogen) atoms. The molecule has 3 aromatic carbocycles. The Morgan fingerprint density at radius 1 is 0.731 bits per heavy atom. The second-order valence-corrected chi connectivity index (χ2v) is 7.03. The van der Waals surface area contributed by atoms with E-state index in [-0.39, 0.29) is 6.98 Å². The molecule has 0 saturated heterocycles. The van der Waals surface area contributed by atoms with Gasteiger partial charge in [0.2, 0.25) is 0 Å². The smallest absolute Gasteiger partial charge is 0.421 e. The van der Waals surface area contributed by atoms with Gasteiger partial charge in [0, 0.05) is 21.9 Å². The van der Waals surface area contributed by atoms with E-state index in [1.807, 2.05) is 0 Å². The number of fused-ring (bicyclic) bond motifs is 11. The highest BCUT2D eigenvalue weighted by atomic mass is 16.3. The maximum atomic E-state index is 5.90. The first-order chi connectivity index (χ1) is 12.9. The summed E-state index contributed by atoms with van der Waals surface area (Å²) in [6.07, 6.45) is 1.80. The van der Waals surface area contributed by atoms with Crippen molar-refractivity contribution < 1.29 is 4.42 Å². The molecule has 0 atom stereocenters. The van der Waals surface area contributed by atoms with Crippen molar-refractivity contribution in [2.45, 2.75) is 0 Å². The first-order valence-electron chi connectivity index (χ1n) is 8.91. The molecule has 0 N–H and O–H groups in total. The van der Waals surface area contributed by atoms with Gasteiger partial charge in [-0.25, -0.2) is 0 Å². The molecule has 7 rings (SSSR count). The van der Waals surface area contributed by atoms with E-state index in [2.05, 4.69) is 82.1 Å². The van der Waals surface area contributed by atoms with Gasteiger partial charge >= 0.3 is 6.98 Å². The fraction of sp³-hybridized carbons (Fsp3) is 0. The Morgan fingerprint density at radius 3 is 2.58 bits per heavy atom. The van der Waals surface area contributed by atoms with Gasteiger partial charge in [-0.15, -0.1) is 0 Å². The van der Waals surface area contributed by atoms with Crippen LogP contribution in [-0.4, -0.2) is 11.5 Å². The SMILES string of the molecule is c1ccc2c(c1)B1N(c3ccoc3-2)c2cccc3c4ccccc4n1c23. The van der Waals surface area contributed by atoms with Crippen LogP contribution in [0.15, 0.2) is 83.5 Å². The summed E-state index contributed by atoms with van der Waals surface area (Å²) in [5, 5.41) is 2.63. The summed E-state index contributed by atoms with van der Waals surface area (Å²) in [6, 6.07) is 26.0. The topological polar surface area (TPSA) is 21.3 Å². The molecule has 2 aliphatic rings. The third kappa shape index (κ3) is 1.28. The lowest BCUT2D eigenvalue weighted by Gasteiger charge is -2.31. The van der Waals surface area contributed by atoms with Gasteiger partial charge in [0.25, 0.3) is 0 Å². The molecule has 5 aromatic rings. The zero-order valence-electron chi connectivity index (χ0n) is 13.9. The number of rotatable bonds is 0. The summed E-state index contributed by atoms with van der Waals surface area (Å²) in [4.78, 5) is 2.43. The Bertz CT molecular complexity index is 1360. The molecule has 4 heteroatoms. The van der Waals surface area contributed by atoms with Gasteiger partial charge in [-0.3, -0.25) is 0 Å². The predicted octanol–water partition coefficient (Wildman–Crippen LogP) is 4.76. The van der Waals surface area contributed by atoms with Crippen molar-refractivity contribution in [2.24, 2.45) is 0 Å². The molecule has 0 bridgehead atoms. The van der Waals surface area contributed by atoms with Crippen LogP contribution in [-0.2, 0) is 0 Å². The monoisotopic (exact) mass is 332 g/mol. The van der Waals surface area contributed by atoms with Crippen LogP contribution < -0.4 is 10.3 Å². The fourth-order valence-electron chi connectivity index (χ4n) is 4.89. The van der Waals surface area contributed by atoms with Crippen LogP contribution in [0.2, 0.25) is 0 Å². The van der Waals surface area contributed by atoms with Gasteiger partial charge in [0.1, 0.15) is 0 Å². The summed E-state index contributed by atoms with van der Waals surface area (Å²) < 4.78 is 8.39. The minimum atomic E-state index is 0.121. The van der Waals surface area contributed by atoms with Crippen LogP contribution >= 0.6 is 0 Å². The highest BCUT2D eigenvalue weighted by Gasteiger charge is 2.45. The Morgan fingerprint density at radius 2 is 1.58 bits per heavy atom. The summed E-state index contributed by atoms with van der Waals surface area (Å²) in [5.74, 6) is 0.962. The third-order valence-corrected chi connectivity index (χ3v) is 5.85. The summed E-state index contributed by atoms with van der Waals surface area (Å²) >= 11 is 0. The quantitative estimate of drug-likeness (QED) is 0.381.